The van der Waals surface area contributed by atoms with Crippen molar-refractivity contribution in [1.29, 1.82) is 0 Å². The second kappa shape index (κ2) is 10.6. The lowest BCUT2D eigenvalue weighted by Gasteiger charge is -2.08. The van der Waals surface area contributed by atoms with Gasteiger partial charge in [-0.3, -0.25) is 0 Å². The number of phenols is 1. The van der Waals surface area contributed by atoms with Gasteiger partial charge in [-0.15, -0.1) is 5.10 Å². The second-order valence-electron chi connectivity index (χ2n) is 4.72. The number of nitrogens with two attached hydrogens (primary N) is 1. The van der Waals surface area contributed by atoms with Crippen molar-refractivity contribution in [2.75, 3.05) is 19.8 Å². The van der Waals surface area contributed by atoms with E-state index in [0.29, 0.717) is 17.9 Å². The molecule has 0 aliphatic heterocycles. The molecule has 26 heavy (non-hydrogen) atoms. The Morgan fingerprint density at radius 3 is 2.50 bits per heavy atom. The first-order valence-electron chi connectivity index (χ1n) is 8.00. The van der Waals surface area contributed by atoms with E-state index in [1.165, 1.54) is 12.3 Å². The van der Waals surface area contributed by atoms with Gasteiger partial charge in [0, 0.05) is 0 Å². The molecule has 0 fully saturated rings. The number of esters is 1. The highest BCUT2D eigenvalue weighted by Gasteiger charge is 2.22. The molecular formula is C17H23N3O6. The first-order valence-corrected chi connectivity index (χ1v) is 8.00. The Morgan fingerprint density at radius 1 is 1.19 bits per heavy atom. The van der Waals surface area contributed by atoms with Crippen LogP contribution in [0.2, 0.25) is 0 Å². The van der Waals surface area contributed by atoms with Crippen LogP contribution in [-0.4, -0.2) is 48.1 Å². The minimum atomic E-state index is -0.877. The SMILES string of the molecule is CCOC(=O)C(C(N)=N/N=C/c1ccc(O)c(OCC)c1)=C(O)OCC. The van der Waals surface area contributed by atoms with E-state index < -0.39 is 17.5 Å². The molecule has 0 bridgehead atoms. The van der Waals surface area contributed by atoms with Crippen molar-refractivity contribution in [2.45, 2.75) is 20.8 Å². The van der Waals surface area contributed by atoms with Crippen molar-refractivity contribution in [1.82, 2.24) is 0 Å². The zero-order valence-corrected chi connectivity index (χ0v) is 14.9. The quantitative estimate of drug-likeness (QED) is 0.152. The third-order valence-corrected chi connectivity index (χ3v) is 2.89. The number of phenolic OH excluding ortho intramolecular Hbond substituents is 1. The van der Waals surface area contributed by atoms with Crippen molar-refractivity contribution in [2.24, 2.45) is 15.9 Å². The lowest BCUT2D eigenvalue weighted by atomic mass is 10.2. The molecule has 4 N–H and O–H groups in total. The summed E-state index contributed by atoms with van der Waals surface area (Å²) in [5, 5.41) is 26.9. The van der Waals surface area contributed by atoms with Crippen molar-refractivity contribution < 1.29 is 29.2 Å². The van der Waals surface area contributed by atoms with Gasteiger partial charge in [0.25, 0.3) is 5.95 Å². The summed E-state index contributed by atoms with van der Waals surface area (Å²) in [4.78, 5) is 11.9. The van der Waals surface area contributed by atoms with Crippen LogP contribution in [0.15, 0.2) is 39.9 Å². The number of carbonyl (C=O) groups is 1. The van der Waals surface area contributed by atoms with Crippen LogP contribution in [0.25, 0.3) is 0 Å². The molecule has 0 amide bonds. The Kier molecular flexibility index (Phi) is 8.48. The zero-order chi connectivity index (χ0) is 19.5. The first kappa shape index (κ1) is 20.8. The summed E-state index contributed by atoms with van der Waals surface area (Å²) >= 11 is 0. The number of hydrogen-bond donors (Lipinski definition) is 3. The number of hydrogen-bond acceptors (Lipinski definition) is 8. The summed E-state index contributed by atoms with van der Waals surface area (Å²) in [7, 11) is 0. The maximum absolute atomic E-state index is 11.9. The molecule has 1 aromatic rings. The molecule has 0 aliphatic carbocycles. The Labute approximate surface area is 151 Å². The fourth-order valence-corrected chi connectivity index (χ4v) is 1.80. The minimum absolute atomic E-state index is 0.00109. The molecule has 1 aromatic carbocycles. The molecule has 0 heterocycles. The number of amidine groups is 1. The third kappa shape index (κ3) is 6.00. The number of carbonyl (C=O) groups excluding carboxylic acids is 1. The highest BCUT2D eigenvalue weighted by atomic mass is 16.6. The molecule has 9 nitrogen and oxygen atoms in total. The summed E-state index contributed by atoms with van der Waals surface area (Å²) in [5.41, 5.74) is 5.89. The molecular weight excluding hydrogens is 342 g/mol. The van der Waals surface area contributed by atoms with Gasteiger partial charge in [-0.25, -0.2) is 4.79 Å². The lowest BCUT2D eigenvalue weighted by Crippen LogP contribution is -2.25. The Balaban J connectivity index is 3.06. The largest absolute Gasteiger partial charge is 0.504 e. The van der Waals surface area contributed by atoms with Crippen molar-refractivity contribution >= 4 is 18.0 Å². The van der Waals surface area contributed by atoms with Crippen molar-refractivity contribution in [3.63, 3.8) is 0 Å². The molecule has 0 saturated carbocycles. The van der Waals surface area contributed by atoms with Crippen LogP contribution in [0.1, 0.15) is 26.3 Å². The molecule has 0 aliphatic rings. The second-order valence-corrected chi connectivity index (χ2v) is 4.72. The number of nitrogens with zero attached hydrogens (tertiary/aromatic N) is 2. The standard InChI is InChI=1S/C17H23N3O6/c1-4-24-13-9-11(7-8-12(13)21)10-19-20-15(18)14(16(22)25-5-2)17(23)26-6-3/h7-10,21-22H,4-6H2,1-3H3,(H2,18,20)/b16-14?,19-10+. The van der Waals surface area contributed by atoms with Gasteiger partial charge >= 0.3 is 5.97 Å². The molecule has 0 spiro atoms. The minimum Gasteiger partial charge on any atom is -0.504 e. The first-order chi connectivity index (χ1) is 12.4. The van der Waals surface area contributed by atoms with Gasteiger partial charge in [0.2, 0.25) is 0 Å². The number of aliphatic hydroxyl groups excluding tert-OH is 1. The van der Waals surface area contributed by atoms with E-state index >= 15 is 0 Å². The van der Waals surface area contributed by atoms with Gasteiger partial charge in [-0.05, 0) is 44.5 Å². The molecule has 0 saturated heterocycles. The Morgan fingerprint density at radius 2 is 1.88 bits per heavy atom. The molecule has 142 valence electrons. The van der Waals surface area contributed by atoms with Crippen LogP contribution >= 0.6 is 0 Å². The predicted octanol–water partition coefficient (Wildman–Crippen LogP) is 1.85. The Bertz CT molecular complexity index is 712. The van der Waals surface area contributed by atoms with Crippen molar-refractivity contribution in [3.8, 4) is 11.5 Å². The number of aromatic hydroxyl groups is 1. The summed E-state index contributed by atoms with van der Waals surface area (Å²) in [6.07, 6.45) is 1.34. The molecule has 0 radical (unpaired) electrons. The summed E-state index contributed by atoms with van der Waals surface area (Å²) < 4.78 is 15.0. The van der Waals surface area contributed by atoms with E-state index in [2.05, 4.69) is 10.2 Å². The number of rotatable bonds is 9. The number of ether oxygens (including phenoxy) is 3. The molecule has 0 unspecified atom stereocenters. The van der Waals surface area contributed by atoms with Crippen LogP contribution in [0.5, 0.6) is 11.5 Å². The van der Waals surface area contributed by atoms with Gasteiger partial charge in [0.05, 0.1) is 26.0 Å². The van der Waals surface area contributed by atoms with Gasteiger partial charge in [0.1, 0.15) is 0 Å². The van der Waals surface area contributed by atoms with E-state index in [1.54, 1.807) is 32.9 Å². The van der Waals surface area contributed by atoms with E-state index in [0.717, 1.165) is 0 Å². The van der Waals surface area contributed by atoms with Gasteiger partial charge in [0.15, 0.2) is 22.9 Å². The fourth-order valence-electron chi connectivity index (χ4n) is 1.80. The summed E-state index contributed by atoms with van der Waals surface area (Å²) in [6.45, 7) is 5.64. The van der Waals surface area contributed by atoms with E-state index in [9.17, 15) is 15.0 Å². The van der Waals surface area contributed by atoms with Gasteiger partial charge in [-0.2, -0.15) is 5.10 Å². The average Bonchev–Trinajstić information content (AvgIpc) is 2.58. The normalized spacial score (nSPS) is 12.7. The summed E-state index contributed by atoms with van der Waals surface area (Å²) in [6, 6.07) is 4.60. The zero-order valence-electron chi connectivity index (χ0n) is 14.9. The smallest absolute Gasteiger partial charge is 0.349 e. The fraction of sp³-hybridized carbons (Fsp3) is 0.353. The van der Waals surface area contributed by atoms with Crippen molar-refractivity contribution in [3.05, 3.63) is 35.3 Å². The van der Waals surface area contributed by atoms with Crippen LogP contribution in [0.3, 0.4) is 0 Å². The number of aliphatic hydroxyl groups is 1. The van der Waals surface area contributed by atoms with E-state index in [4.69, 9.17) is 19.9 Å². The average molecular weight is 365 g/mol. The highest BCUT2D eigenvalue weighted by molar-refractivity contribution is 6.18. The van der Waals surface area contributed by atoms with Crippen LogP contribution in [-0.2, 0) is 14.3 Å². The molecule has 1 rings (SSSR count). The van der Waals surface area contributed by atoms with E-state index in [-0.39, 0.29) is 24.8 Å². The van der Waals surface area contributed by atoms with Crippen LogP contribution in [0, 0.1) is 0 Å². The lowest BCUT2D eigenvalue weighted by molar-refractivity contribution is -0.138. The highest BCUT2D eigenvalue weighted by Crippen LogP contribution is 2.26. The topological polar surface area (TPSA) is 136 Å². The molecule has 0 atom stereocenters. The van der Waals surface area contributed by atoms with Crippen LogP contribution in [0.4, 0.5) is 0 Å². The monoisotopic (exact) mass is 365 g/mol. The van der Waals surface area contributed by atoms with Gasteiger partial charge < -0.3 is 30.2 Å². The predicted molar refractivity (Wildman–Crippen MR) is 96.4 cm³/mol. The van der Waals surface area contributed by atoms with Gasteiger partial charge in [-0.1, -0.05) is 0 Å². The Hall–Kier alpha value is -3.23. The molecule has 9 heteroatoms. The maximum atomic E-state index is 11.9. The van der Waals surface area contributed by atoms with E-state index in [1.807, 2.05) is 0 Å². The number of benzene rings is 1. The third-order valence-electron chi connectivity index (χ3n) is 2.89. The van der Waals surface area contributed by atoms with Crippen LogP contribution < -0.4 is 10.5 Å². The molecule has 0 aromatic heterocycles. The summed E-state index contributed by atoms with van der Waals surface area (Å²) in [5.74, 6) is -1.63. The maximum Gasteiger partial charge on any atom is 0.349 e.